The van der Waals surface area contributed by atoms with E-state index in [4.69, 9.17) is 4.74 Å². The molecular weight excluding hydrogens is 400 g/mol. The van der Waals surface area contributed by atoms with Crippen molar-refractivity contribution in [1.29, 1.82) is 0 Å². The van der Waals surface area contributed by atoms with Crippen molar-refractivity contribution in [3.8, 4) is 0 Å². The molecule has 4 rings (SSSR count). The number of hydrogen-bond donors (Lipinski definition) is 0. The molecule has 3 nitrogen and oxygen atoms in total. The van der Waals surface area contributed by atoms with Gasteiger partial charge in [-0.05, 0) is 43.2 Å². The first-order chi connectivity index (χ1) is 15.2. The highest BCUT2D eigenvalue weighted by molar-refractivity contribution is 7.99. The van der Waals surface area contributed by atoms with Crippen molar-refractivity contribution in [3.05, 3.63) is 114 Å². The van der Waals surface area contributed by atoms with Crippen molar-refractivity contribution in [2.45, 2.75) is 24.8 Å². The monoisotopic (exact) mass is 428 g/mol. The number of benzene rings is 2. The Morgan fingerprint density at radius 2 is 1.77 bits per heavy atom. The van der Waals surface area contributed by atoms with E-state index >= 15 is 0 Å². The third-order valence-electron chi connectivity index (χ3n) is 5.50. The van der Waals surface area contributed by atoms with Gasteiger partial charge in [0, 0.05) is 35.0 Å². The van der Waals surface area contributed by atoms with Crippen LogP contribution in [0, 0.1) is 6.92 Å². The molecule has 0 saturated heterocycles. The van der Waals surface area contributed by atoms with E-state index in [1.807, 2.05) is 30.1 Å². The molecule has 0 radical (unpaired) electrons. The summed E-state index contributed by atoms with van der Waals surface area (Å²) in [6, 6.07) is 25.4. The number of thioether (sulfide) groups is 1. The number of nitrogens with zero attached hydrogens (tertiary/aromatic N) is 2. The molecule has 0 saturated carbocycles. The summed E-state index contributed by atoms with van der Waals surface area (Å²) in [5.41, 5.74) is 4.53. The van der Waals surface area contributed by atoms with E-state index in [0.29, 0.717) is 6.73 Å². The van der Waals surface area contributed by atoms with Crippen LogP contribution in [0.4, 0.5) is 0 Å². The van der Waals surface area contributed by atoms with Gasteiger partial charge in [-0.25, -0.2) is 0 Å². The molecule has 2 aromatic carbocycles. The Morgan fingerprint density at radius 3 is 2.52 bits per heavy atom. The van der Waals surface area contributed by atoms with Gasteiger partial charge >= 0.3 is 0 Å². The normalized spacial score (nSPS) is 15.8. The van der Waals surface area contributed by atoms with Crippen LogP contribution in [0.1, 0.15) is 29.8 Å². The summed E-state index contributed by atoms with van der Waals surface area (Å²) in [7, 11) is 0. The Hall–Kier alpha value is -2.82. The average Bonchev–Trinajstić information content (AvgIpc) is 2.83. The summed E-state index contributed by atoms with van der Waals surface area (Å²) in [6.45, 7) is 5.71. The average molecular weight is 429 g/mol. The van der Waals surface area contributed by atoms with Crippen LogP contribution < -0.4 is 0 Å². The fraction of sp³-hybridized carbons (Fsp3) is 0.222. The quantitative estimate of drug-likeness (QED) is 0.401. The van der Waals surface area contributed by atoms with Crippen molar-refractivity contribution in [3.63, 3.8) is 0 Å². The van der Waals surface area contributed by atoms with E-state index in [1.165, 1.54) is 16.0 Å². The molecule has 158 valence electrons. The molecule has 1 unspecified atom stereocenters. The molecule has 1 aliphatic rings. The van der Waals surface area contributed by atoms with Crippen LogP contribution in [0.2, 0.25) is 0 Å². The zero-order chi connectivity index (χ0) is 21.5. The second kappa shape index (κ2) is 10.5. The summed E-state index contributed by atoms with van der Waals surface area (Å²) < 4.78 is 6.31. The van der Waals surface area contributed by atoms with Gasteiger partial charge in [-0.2, -0.15) is 0 Å². The van der Waals surface area contributed by atoms with Gasteiger partial charge in [0.25, 0.3) is 0 Å². The lowest BCUT2D eigenvalue weighted by Gasteiger charge is -2.34. The molecule has 1 aliphatic heterocycles. The largest absolute Gasteiger partial charge is 0.475 e. The lowest BCUT2D eigenvalue weighted by atomic mass is 10.0. The van der Waals surface area contributed by atoms with E-state index in [1.54, 1.807) is 0 Å². The predicted octanol–water partition coefficient (Wildman–Crippen LogP) is 6.50. The SMILES string of the molecule is Cc1cccnc1C1=C(/C=C/CSc2ccccc2)CN(C(C)c2ccccc2)CO1. The maximum atomic E-state index is 6.31. The Balaban J connectivity index is 1.56. The first kappa shape index (κ1) is 21.4. The van der Waals surface area contributed by atoms with Crippen molar-refractivity contribution >= 4 is 17.5 Å². The van der Waals surface area contributed by atoms with E-state index in [2.05, 4.69) is 96.5 Å². The number of rotatable bonds is 7. The molecule has 2 heterocycles. The summed E-state index contributed by atoms with van der Waals surface area (Å²) >= 11 is 1.83. The van der Waals surface area contributed by atoms with Gasteiger partial charge in [0.05, 0.1) is 0 Å². The number of aryl methyl sites for hydroxylation is 1. The van der Waals surface area contributed by atoms with Crippen molar-refractivity contribution in [1.82, 2.24) is 9.88 Å². The predicted molar refractivity (Wildman–Crippen MR) is 130 cm³/mol. The van der Waals surface area contributed by atoms with Crippen LogP contribution in [-0.4, -0.2) is 28.9 Å². The molecule has 1 aromatic heterocycles. The van der Waals surface area contributed by atoms with Gasteiger partial charge in [0.2, 0.25) is 0 Å². The van der Waals surface area contributed by atoms with Crippen molar-refractivity contribution in [2.24, 2.45) is 0 Å². The van der Waals surface area contributed by atoms with Gasteiger partial charge in [0.1, 0.15) is 12.4 Å². The summed E-state index contributed by atoms with van der Waals surface area (Å²) in [4.78, 5) is 8.26. The van der Waals surface area contributed by atoms with Crippen LogP contribution in [0.3, 0.4) is 0 Å². The Bertz CT molecular complexity index is 1050. The van der Waals surface area contributed by atoms with E-state index in [0.717, 1.165) is 29.3 Å². The molecule has 0 spiro atoms. The summed E-state index contributed by atoms with van der Waals surface area (Å²) in [6.07, 6.45) is 6.28. The number of hydrogen-bond acceptors (Lipinski definition) is 4. The highest BCUT2D eigenvalue weighted by atomic mass is 32.2. The molecular formula is C27H28N2OS. The van der Waals surface area contributed by atoms with Crippen molar-refractivity contribution in [2.75, 3.05) is 19.0 Å². The van der Waals surface area contributed by atoms with Gasteiger partial charge < -0.3 is 4.74 Å². The fourth-order valence-electron chi connectivity index (χ4n) is 3.69. The molecule has 4 heteroatoms. The van der Waals surface area contributed by atoms with Crippen LogP contribution in [-0.2, 0) is 4.74 Å². The number of ether oxygens (including phenoxy) is 1. The van der Waals surface area contributed by atoms with Gasteiger partial charge in [0.15, 0.2) is 5.76 Å². The molecule has 0 bridgehead atoms. The van der Waals surface area contributed by atoms with E-state index < -0.39 is 0 Å². The van der Waals surface area contributed by atoms with Gasteiger partial charge in [-0.3, -0.25) is 9.88 Å². The zero-order valence-electron chi connectivity index (χ0n) is 18.1. The molecule has 0 N–H and O–H groups in total. The molecule has 31 heavy (non-hydrogen) atoms. The minimum atomic E-state index is 0.273. The Morgan fingerprint density at radius 1 is 1.03 bits per heavy atom. The fourth-order valence-corrected chi connectivity index (χ4v) is 4.43. The summed E-state index contributed by atoms with van der Waals surface area (Å²) in [5.74, 6) is 1.81. The third kappa shape index (κ3) is 5.46. The molecule has 0 fully saturated rings. The van der Waals surface area contributed by atoms with Crippen LogP contribution in [0.15, 0.2) is 102 Å². The minimum Gasteiger partial charge on any atom is -0.475 e. The van der Waals surface area contributed by atoms with Gasteiger partial charge in [-0.1, -0.05) is 66.7 Å². The smallest absolute Gasteiger partial charge is 0.151 e. The summed E-state index contributed by atoms with van der Waals surface area (Å²) in [5, 5.41) is 0. The third-order valence-corrected chi connectivity index (χ3v) is 6.47. The molecule has 0 aliphatic carbocycles. The van der Waals surface area contributed by atoms with Crippen molar-refractivity contribution < 1.29 is 4.74 Å². The zero-order valence-corrected chi connectivity index (χ0v) is 18.9. The molecule has 1 atom stereocenters. The van der Waals surface area contributed by atoms with Crippen LogP contribution >= 0.6 is 11.8 Å². The van der Waals surface area contributed by atoms with Crippen LogP contribution in [0.5, 0.6) is 0 Å². The second-order valence-corrected chi connectivity index (χ2v) is 8.75. The maximum Gasteiger partial charge on any atom is 0.151 e. The van der Waals surface area contributed by atoms with Gasteiger partial charge in [-0.15, -0.1) is 11.8 Å². The lowest BCUT2D eigenvalue weighted by Crippen LogP contribution is -2.35. The van der Waals surface area contributed by atoms with Crippen LogP contribution in [0.25, 0.3) is 5.76 Å². The topological polar surface area (TPSA) is 25.4 Å². The van der Waals surface area contributed by atoms with E-state index in [-0.39, 0.29) is 6.04 Å². The number of aromatic nitrogens is 1. The van der Waals surface area contributed by atoms with E-state index in [9.17, 15) is 0 Å². The maximum absolute atomic E-state index is 6.31. The first-order valence-electron chi connectivity index (χ1n) is 10.6. The Kier molecular flexibility index (Phi) is 7.23. The Labute approximate surface area is 189 Å². The highest BCUT2D eigenvalue weighted by Gasteiger charge is 2.25. The molecule has 3 aromatic rings. The molecule has 0 amide bonds. The number of pyridine rings is 1. The standard InChI is InChI=1S/C27H28N2OS/c1-21-11-9-17-28-26(21)27-24(14-10-18-31-25-15-7-4-8-16-25)19-29(20-30-27)22(2)23-12-5-3-6-13-23/h3-17,22H,18-20H2,1-2H3/b14-10+. The minimum absolute atomic E-state index is 0.273. The lowest BCUT2D eigenvalue weighted by molar-refractivity contribution is 0.0649. The second-order valence-electron chi connectivity index (χ2n) is 7.66. The first-order valence-corrected chi connectivity index (χ1v) is 11.6. The highest BCUT2D eigenvalue weighted by Crippen LogP contribution is 2.31.